The lowest BCUT2D eigenvalue weighted by molar-refractivity contribution is 0.175. The Morgan fingerprint density at radius 1 is 1.03 bits per heavy atom. The van der Waals surface area contributed by atoms with Crippen LogP contribution in [-0.4, -0.2) is 23.8 Å². The third-order valence-corrected chi connectivity index (χ3v) is 6.01. The number of aliphatic hydroxyl groups is 1. The molecule has 2 aromatic rings. The summed E-state index contributed by atoms with van der Waals surface area (Å²) in [7, 11) is 0. The minimum absolute atomic E-state index is 0. The molecule has 0 saturated heterocycles. The molecule has 0 aromatic heterocycles. The molecule has 2 N–H and O–H groups in total. The molecule has 2 aliphatic rings. The summed E-state index contributed by atoms with van der Waals surface area (Å²) in [6.07, 6.45) is 5.02. The van der Waals surface area contributed by atoms with E-state index >= 15 is 0 Å². The van der Waals surface area contributed by atoms with Crippen molar-refractivity contribution in [3.05, 3.63) is 65.2 Å². The molecule has 2 fully saturated rings. The topological polar surface area (TPSA) is 41.5 Å². The molecule has 4 rings (SSSR count). The van der Waals surface area contributed by atoms with Gasteiger partial charge < -0.3 is 15.2 Å². The minimum Gasteiger partial charge on any atom is -0.486 e. The van der Waals surface area contributed by atoms with E-state index in [0.29, 0.717) is 17.5 Å². The quantitative estimate of drug-likeness (QED) is 0.661. The van der Waals surface area contributed by atoms with Gasteiger partial charge in [0, 0.05) is 36.2 Å². The Kier molecular flexibility index (Phi) is 7.49. The third-order valence-electron chi connectivity index (χ3n) is 6.01. The van der Waals surface area contributed by atoms with Crippen molar-refractivity contribution in [2.24, 2.45) is 5.92 Å². The van der Waals surface area contributed by atoms with Gasteiger partial charge in [0.05, 0.1) is 0 Å². The van der Waals surface area contributed by atoms with Crippen molar-refractivity contribution in [2.45, 2.75) is 56.7 Å². The van der Waals surface area contributed by atoms with Gasteiger partial charge >= 0.3 is 0 Å². The molecule has 29 heavy (non-hydrogen) atoms. The molecule has 2 aliphatic carbocycles. The molecule has 0 bridgehead atoms. The molecule has 2 saturated carbocycles. The monoisotopic (exact) mass is 423 g/mol. The maximum atomic E-state index is 14.5. The zero-order valence-corrected chi connectivity index (χ0v) is 17.1. The number of nitrogens with one attached hydrogen (secondary N) is 1. The van der Waals surface area contributed by atoms with Crippen LogP contribution in [0.4, 0.5) is 8.78 Å². The Bertz CT molecular complexity index is 797. The van der Waals surface area contributed by atoms with Crippen LogP contribution in [0.25, 0.3) is 0 Å². The van der Waals surface area contributed by atoms with E-state index in [1.165, 1.54) is 6.07 Å². The number of hydrogen-bond donors (Lipinski definition) is 2. The van der Waals surface area contributed by atoms with Crippen LogP contribution >= 0.6 is 12.4 Å². The summed E-state index contributed by atoms with van der Waals surface area (Å²) in [6, 6.07) is 12.5. The van der Waals surface area contributed by atoms with Crippen LogP contribution in [-0.2, 0) is 6.61 Å². The lowest BCUT2D eigenvalue weighted by Gasteiger charge is -2.28. The summed E-state index contributed by atoms with van der Waals surface area (Å²) in [6.45, 7) is 0.524. The number of aliphatic hydroxyl groups excluding tert-OH is 1. The van der Waals surface area contributed by atoms with Gasteiger partial charge in [0.1, 0.15) is 12.4 Å². The normalized spacial score (nSPS) is 25.9. The summed E-state index contributed by atoms with van der Waals surface area (Å²) in [5.41, 5.74) is 1.57. The lowest BCUT2D eigenvalue weighted by atomic mass is 9.86. The molecule has 158 valence electrons. The fraction of sp³-hybridized carbons (Fsp3) is 0.478. The fourth-order valence-electron chi connectivity index (χ4n) is 4.28. The smallest absolute Gasteiger partial charge is 0.168 e. The Morgan fingerprint density at radius 3 is 2.45 bits per heavy atom. The molecule has 0 heterocycles. The zero-order valence-electron chi connectivity index (χ0n) is 16.3. The summed E-state index contributed by atoms with van der Waals surface area (Å²) < 4.78 is 34.1. The van der Waals surface area contributed by atoms with Crippen LogP contribution in [0.15, 0.2) is 42.5 Å². The van der Waals surface area contributed by atoms with E-state index in [2.05, 4.69) is 5.32 Å². The first-order chi connectivity index (χ1) is 13.6. The molecule has 3 nitrogen and oxygen atoms in total. The Labute approximate surface area is 176 Å². The predicted octanol–water partition coefficient (Wildman–Crippen LogP) is 4.96. The van der Waals surface area contributed by atoms with Crippen LogP contribution in [0.3, 0.4) is 0 Å². The average Bonchev–Trinajstić information content (AvgIpc) is 3.47. The average molecular weight is 424 g/mol. The van der Waals surface area contributed by atoms with Gasteiger partial charge in [-0.15, -0.1) is 12.4 Å². The van der Waals surface area contributed by atoms with Crippen LogP contribution in [0.1, 0.15) is 49.1 Å². The summed E-state index contributed by atoms with van der Waals surface area (Å²) in [4.78, 5) is 0. The van der Waals surface area contributed by atoms with Crippen LogP contribution in [0.2, 0.25) is 0 Å². The number of benzene rings is 2. The van der Waals surface area contributed by atoms with Gasteiger partial charge in [-0.2, -0.15) is 0 Å². The Hall–Kier alpha value is -1.69. The van der Waals surface area contributed by atoms with Crippen LogP contribution in [0.5, 0.6) is 5.75 Å². The van der Waals surface area contributed by atoms with Crippen molar-refractivity contribution in [3.8, 4) is 5.75 Å². The molecule has 6 heteroatoms. The van der Waals surface area contributed by atoms with Gasteiger partial charge in [0.15, 0.2) is 11.6 Å². The number of rotatable bonds is 7. The van der Waals surface area contributed by atoms with Crippen molar-refractivity contribution in [1.29, 1.82) is 0 Å². The van der Waals surface area contributed by atoms with Crippen molar-refractivity contribution < 1.29 is 18.6 Å². The third kappa shape index (κ3) is 5.47. The van der Waals surface area contributed by atoms with Gasteiger partial charge in [-0.3, -0.25) is 0 Å². The van der Waals surface area contributed by atoms with Gasteiger partial charge in [0.2, 0.25) is 0 Å². The Morgan fingerprint density at radius 2 is 1.76 bits per heavy atom. The van der Waals surface area contributed by atoms with Crippen molar-refractivity contribution in [2.75, 3.05) is 6.61 Å². The van der Waals surface area contributed by atoms with Gasteiger partial charge in [0.25, 0.3) is 0 Å². The first-order valence-corrected chi connectivity index (χ1v) is 10.2. The number of hydrogen-bond acceptors (Lipinski definition) is 3. The van der Waals surface area contributed by atoms with Gasteiger partial charge in [-0.25, -0.2) is 8.78 Å². The number of halogens is 3. The lowest BCUT2D eigenvalue weighted by Crippen LogP contribution is -2.35. The molecular weight excluding hydrogens is 396 g/mol. The van der Waals surface area contributed by atoms with E-state index in [1.54, 1.807) is 0 Å². The summed E-state index contributed by atoms with van der Waals surface area (Å²) >= 11 is 0. The highest BCUT2D eigenvalue weighted by atomic mass is 35.5. The van der Waals surface area contributed by atoms with Gasteiger partial charge in [-0.05, 0) is 49.7 Å². The maximum Gasteiger partial charge on any atom is 0.168 e. The van der Waals surface area contributed by atoms with E-state index in [4.69, 9.17) is 4.74 Å². The fourth-order valence-corrected chi connectivity index (χ4v) is 4.28. The van der Waals surface area contributed by atoms with Gasteiger partial charge in [-0.1, -0.05) is 30.3 Å². The van der Waals surface area contributed by atoms with Crippen molar-refractivity contribution >= 4 is 12.4 Å². The highest BCUT2D eigenvalue weighted by molar-refractivity contribution is 5.85. The highest BCUT2D eigenvalue weighted by Crippen LogP contribution is 2.47. The van der Waals surface area contributed by atoms with E-state index in [0.717, 1.165) is 43.7 Å². The van der Waals surface area contributed by atoms with E-state index in [-0.39, 0.29) is 43.3 Å². The molecule has 2 atom stereocenters. The zero-order chi connectivity index (χ0) is 19.5. The second kappa shape index (κ2) is 9.88. The molecule has 0 unspecified atom stereocenters. The minimum atomic E-state index is -0.639. The summed E-state index contributed by atoms with van der Waals surface area (Å²) in [5.74, 6) is -0.535. The molecule has 0 spiro atoms. The highest BCUT2D eigenvalue weighted by Gasteiger charge is 2.42. The largest absolute Gasteiger partial charge is 0.486 e. The standard InChI is InChI=1S/C23H27F2NO2.ClH/c24-17-10-20(19-12-22(19)26-18-8-6-15(13-27)7-9-18)23(21(25)11-17)28-14-16-4-2-1-3-5-16;/h1-5,10-11,15,18-19,22,26-27H,6-9,12-14H2;1H/t15?,18?,19-,22+;/m0./s1. The van der Waals surface area contributed by atoms with Crippen LogP contribution < -0.4 is 10.1 Å². The van der Waals surface area contributed by atoms with Crippen LogP contribution in [0, 0.1) is 17.6 Å². The second-order valence-corrected chi connectivity index (χ2v) is 8.10. The van der Waals surface area contributed by atoms with E-state index < -0.39 is 11.6 Å². The number of ether oxygens (including phenoxy) is 1. The van der Waals surface area contributed by atoms with E-state index in [1.807, 2.05) is 30.3 Å². The Balaban J connectivity index is 0.00000240. The first kappa shape index (κ1) is 22.0. The molecule has 0 aliphatic heterocycles. The molecule has 2 aromatic carbocycles. The van der Waals surface area contributed by atoms with E-state index in [9.17, 15) is 13.9 Å². The second-order valence-electron chi connectivity index (χ2n) is 8.10. The van der Waals surface area contributed by atoms with Crippen molar-refractivity contribution in [3.63, 3.8) is 0 Å². The molecular formula is C23H28ClF2NO2. The summed E-state index contributed by atoms with van der Waals surface area (Å²) in [5, 5.41) is 12.9. The maximum absolute atomic E-state index is 14.5. The SMILES string of the molecule is Cl.OCC1CCC(N[C@@H]2C[C@H]2c2cc(F)cc(F)c2OCc2ccccc2)CC1. The van der Waals surface area contributed by atoms with Crippen molar-refractivity contribution in [1.82, 2.24) is 5.32 Å². The predicted molar refractivity (Wildman–Crippen MR) is 111 cm³/mol. The molecule has 0 amide bonds. The first-order valence-electron chi connectivity index (χ1n) is 10.2. The molecule has 0 radical (unpaired) electrons.